The lowest BCUT2D eigenvalue weighted by Crippen LogP contribution is -2.54. The maximum Gasteiger partial charge on any atom is 0.262 e. The number of fused-ring (bicyclic) bond motifs is 1. The van der Waals surface area contributed by atoms with E-state index in [0.717, 1.165) is 10.0 Å². The highest BCUT2D eigenvalue weighted by Gasteiger charge is 2.39. The minimum absolute atomic E-state index is 0.0585. The number of nitrogens with one attached hydrogen (secondary N) is 1. The highest BCUT2D eigenvalue weighted by Crippen LogP contribution is 2.35. The average Bonchev–Trinajstić information content (AvgIpc) is 2.97. The van der Waals surface area contributed by atoms with Crippen LogP contribution in [0.15, 0.2) is 88.2 Å². The second kappa shape index (κ2) is 11.9. The summed E-state index contributed by atoms with van der Waals surface area (Å²) < 4.78 is 34.8. The van der Waals surface area contributed by atoms with E-state index in [9.17, 15) is 18.0 Å². The van der Waals surface area contributed by atoms with Gasteiger partial charge in [0.15, 0.2) is 6.10 Å². The molecule has 204 valence electrons. The first-order valence-electron chi connectivity index (χ1n) is 13.0. The predicted molar refractivity (Wildman–Crippen MR) is 152 cm³/mol. The van der Waals surface area contributed by atoms with Crippen molar-refractivity contribution < 1.29 is 22.7 Å². The fourth-order valence-electron chi connectivity index (χ4n) is 5.01. The molecule has 2 atom stereocenters. The summed E-state index contributed by atoms with van der Waals surface area (Å²) in [5, 5.41) is 2.93. The number of hydrogen-bond acceptors (Lipinski definition) is 5. The lowest BCUT2D eigenvalue weighted by Gasteiger charge is -2.38. The minimum Gasteiger partial charge on any atom is -0.477 e. The number of nitrogens with zero attached hydrogens (tertiary/aromatic N) is 2. The Morgan fingerprint density at radius 2 is 1.67 bits per heavy atom. The molecule has 0 saturated carbocycles. The number of ether oxygens (including phenoxy) is 1. The normalized spacial score (nSPS) is 19.6. The molecule has 0 bridgehead atoms. The first-order chi connectivity index (χ1) is 18.8. The molecule has 0 spiro atoms. The first-order valence-corrected chi connectivity index (χ1v) is 15.2. The van der Waals surface area contributed by atoms with Gasteiger partial charge >= 0.3 is 0 Å². The van der Waals surface area contributed by atoms with Crippen LogP contribution in [-0.4, -0.2) is 56.8 Å². The fraction of sp³-hybridized carbons (Fsp3) is 0.310. The lowest BCUT2D eigenvalue weighted by atomic mass is 9.97. The Kier molecular flexibility index (Phi) is 8.34. The molecule has 2 aliphatic heterocycles. The molecule has 39 heavy (non-hydrogen) atoms. The smallest absolute Gasteiger partial charge is 0.262 e. The van der Waals surface area contributed by atoms with Crippen molar-refractivity contribution in [1.82, 2.24) is 9.62 Å². The Morgan fingerprint density at radius 3 is 2.44 bits per heavy atom. The zero-order chi connectivity index (χ0) is 27.4. The van der Waals surface area contributed by atoms with Crippen molar-refractivity contribution in [2.45, 2.75) is 30.3 Å². The van der Waals surface area contributed by atoms with E-state index in [4.69, 9.17) is 4.74 Å². The molecule has 5 rings (SSSR count). The molecule has 0 aliphatic carbocycles. The van der Waals surface area contributed by atoms with Crippen LogP contribution in [0.5, 0.6) is 5.75 Å². The van der Waals surface area contributed by atoms with Gasteiger partial charge in [-0.05, 0) is 61.2 Å². The highest BCUT2D eigenvalue weighted by molar-refractivity contribution is 9.10. The number of benzene rings is 3. The van der Waals surface area contributed by atoms with E-state index < -0.39 is 22.0 Å². The van der Waals surface area contributed by atoms with Crippen LogP contribution in [0.3, 0.4) is 0 Å². The Labute approximate surface area is 237 Å². The number of anilines is 1. The van der Waals surface area contributed by atoms with Gasteiger partial charge in [0.1, 0.15) is 5.75 Å². The number of para-hydroxylation sites is 2. The molecule has 2 heterocycles. The van der Waals surface area contributed by atoms with Crippen LogP contribution in [0.25, 0.3) is 0 Å². The number of carbonyl (C=O) groups excluding carboxylic acids is 2. The van der Waals surface area contributed by atoms with Crippen molar-refractivity contribution in [2.24, 2.45) is 5.92 Å². The fourth-order valence-corrected chi connectivity index (χ4v) is 6.79. The minimum atomic E-state index is -3.74. The van der Waals surface area contributed by atoms with Crippen molar-refractivity contribution in [1.29, 1.82) is 0 Å². The van der Waals surface area contributed by atoms with Gasteiger partial charge in [-0.3, -0.25) is 9.59 Å². The van der Waals surface area contributed by atoms with Gasteiger partial charge in [-0.25, -0.2) is 8.42 Å². The number of sulfonamides is 1. The number of hydrogen-bond donors (Lipinski definition) is 1. The van der Waals surface area contributed by atoms with Crippen molar-refractivity contribution in [2.75, 3.05) is 31.1 Å². The summed E-state index contributed by atoms with van der Waals surface area (Å²) in [6.07, 6.45) is 0.953. The second-order valence-electron chi connectivity index (χ2n) is 9.71. The molecule has 3 aromatic rings. The van der Waals surface area contributed by atoms with Gasteiger partial charge in [-0.2, -0.15) is 4.31 Å². The third-order valence-electron chi connectivity index (χ3n) is 7.07. The van der Waals surface area contributed by atoms with Crippen LogP contribution in [0, 0.1) is 5.92 Å². The van der Waals surface area contributed by atoms with E-state index in [1.54, 1.807) is 47.4 Å². The van der Waals surface area contributed by atoms with Crippen LogP contribution in [0.2, 0.25) is 0 Å². The highest BCUT2D eigenvalue weighted by atomic mass is 79.9. The maximum absolute atomic E-state index is 13.8. The topological polar surface area (TPSA) is 96.0 Å². The van der Waals surface area contributed by atoms with E-state index in [1.165, 1.54) is 4.31 Å². The van der Waals surface area contributed by atoms with Gasteiger partial charge < -0.3 is 15.0 Å². The van der Waals surface area contributed by atoms with Crippen LogP contribution in [0.4, 0.5) is 5.69 Å². The van der Waals surface area contributed by atoms with Crippen molar-refractivity contribution in [3.63, 3.8) is 0 Å². The third kappa shape index (κ3) is 6.18. The van der Waals surface area contributed by atoms with Gasteiger partial charge in [-0.1, -0.05) is 58.4 Å². The Bertz CT molecular complexity index is 1430. The number of amides is 2. The third-order valence-corrected chi connectivity index (χ3v) is 9.48. The Hall–Kier alpha value is -3.21. The largest absolute Gasteiger partial charge is 0.477 e. The Balaban J connectivity index is 1.29. The predicted octanol–water partition coefficient (Wildman–Crippen LogP) is 4.00. The molecule has 1 saturated heterocycles. The molecule has 1 N–H and O–H groups in total. The summed E-state index contributed by atoms with van der Waals surface area (Å²) in [5.74, 6) is -0.572. The molecule has 0 aromatic heterocycles. The molecule has 0 unspecified atom stereocenters. The molecule has 2 amide bonds. The summed E-state index contributed by atoms with van der Waals surface area (Å²) in [6, 6.07) is 23.5. The molecular formula is C29H30BrN3O5S. The second-order valence-corrected chi connectivity index (χ2v) is 12.6. The van der Waals surface area contributed by atoms with Gasteiger partial charge in [0, 0.05) is 24.1 Å². The quantitative estimate of drug-likeness (QED) is 0.436. The summed E-state index contributed by atoms with van der Waals surface area (Å²) >= 11 is 3.34. The van der Waals surface area contributed by atoms with Crippen LogP contribution < -0.4 is 15.0 Å². The first kappa shape index (κ1) is 27.4. The van der Waals surface area contributed by atoms with E-state index >= 15 is 0 Å². The molecule has 0 radical (unpaired) electrons. The average molecular weight is 613 g/mol. The summed E-state index contributed by atoms with van der Waals surface area (Å²) in [6.45, 7) is 0.950. The molecule has 10 heteroatoms. The van der Waals surface area contributed by atoms with Gasteiger partial charge in [0.25, 0.3) is 5.91 Å². The van der Waals surface area contributed by atoms with Crippen molar-refractivity contribution >= 4 is 43.5 Å². The van der Waals surface area contributed by atoms with Crippen LogP contribution >= 0.6 is 15.9 Å². The zero-order valence-corrected chi connectivity index (χ0v) is 23.7. The number of carbonyl (C=O) groups is 2. The van der Waals surface area contributed by atoms with Gasteiger partial charge in [0.2, 0.25) is 15.9 Å². The molecule has 2 aliphatic rings. The van der Waals surface area contributed by atoms with Gasteiger partial charge in [-0.15, -0.1) is 0 Å². The van der Waals surface area contributed by atoms with E-state index in [1.807, 2.05) is 36.4 Å². The van der Waals surface area contributed by atoms with Crippen LogP contribution in [-0.2, 0) is 26.0 Å². The van der Waals surface area contributed by atoms with Crippen molar-refractivity contribution in [3.8, 4) is 5.75 Å². The van der Waals surface area contributed by atoms with E-state index in [2.05, 4.69) is 21.2 Å². The summed E-state index contributed by atoms with van der Waals surface area (Å²) in [7, 11) is -3.74. The van der Waals surface area contributed by atoms with E-state index in [0.29, 0.717) is 43.8 Å². The zero-order valence-electron chi connectivity index (χ0n) is 21.3. The SMILES string of the molecule is O=C(NCCc1ccccc1)[C@H]1CN(C(=O)[C@H]2CCCN(S(=O)(=O)c3ccc(Br)cc3)C2)c2ccccc2O1. The molecule has 8 nitrogen and oxygen atoms in total. The monoisotopic (exact) mass is 611 g/mol. The van der Waals surface area contributed by atoms with Crippen LogP contribution in [0.1, 0.15) is 18.4 Å². The van der Waals surface area contributed by atoms with Crippen molar-refractivity contribution in [3.05, 3.63) is 88.9 Å². The summed E-state index contributed by atoms with van der Waals surface area (Å²) in [4.78, 5) is 28.7. The molecule has 1 fully saturated rings. The van der Waals surface area contributed by atoms with Gasteiger partial charge in [0.05, 0.1) is 23.0 Å². The maximum atomic E-state index is 13.8. The Morgan fingerprint density at radius 1 is 0.949 bits per heavy atom. The standard InChI is InChI=1S/C29H30BrN3O5S/c30-23-12-14-24(15-13-23)39(36,37)32-18-6-9-22(19-32)29(35)33-20-27(38-26-11-5-4-10-25(26)33)28(34)31-17-16-21-7-2-1-3-8-21/h1-5,7-8,10-15,22,27H,6,9,16-20H2,(H,31,34)/t22-,27+/m0/s1. The lowest BCUT2D eigenvalue weighted by molar-refractivity contribution is -0.129. The number of halogens is 1. The molecule has 3 aromatic carbocycles. The summed E-state index contributed by atoms with van der Waals surface area (Å²) in [5.41, 5.74) is 1.70. The van der Waals surface area contributed by atoms with E-state index in [-0.39, 0.29) is 29.8 Å². The number of piperidine rings is 1. The number of rotatable bonds is 7. The molecular weight excluding hydrogens is 582 g/mol.